The maximum absolute atomic E-state index is 11.8. The van der Waals surface area contributed by atoms with Gasteiger partial charge in [0.1, 0.15) is 23.0 Å². The number of benzene rings is 1. The number of carbonyl (C=O) groups excluding carboxylic acids is 1. The van der Waals surface area contributed by atoms with Crippen LogP contribution in [0.3, 0.4) is 0 Å². The second-order valence-electron chi connectivity index (χ2n) is 8.39. The van der Waals surface area contributed by atoms with Crippen molar-refractivity contribution >= 4 is 34.2 Å². The van der Waals surface area contributed by atoms with Crippen LogP contribution in [0.2, 0.25) is 0 Å². The molecule has 0 aliphatic heterocycles. The monoisotopic (exact) mass is 551 g/mol. The molecule has 1 aromatic carbocycles. The fourth-order valence-electron chi connectivity index (χ4n) is 3.53. The van der Waals surface area contributed by atoms with Gasteiger partial charge >= 0.3 is 0 Å². The summed E-state index contributed by atoms with van der Waals surface area (Å²) in [7, 11) is 1.55. The molecule has 8 nitrogen and oxygen atoms in total. The zero-order valence-corrected chi connectivity index (χ0v) is 24.5. The normalized spacial score (nSPS) is 11.5. The van der Waals surface area contributed by atoms with Crippen LogP contribution in [0.25, 0.3) is 5.57 Å². The van der Waals surface area contributed by atoms with Gasteiger partial charge in [0.25, 0.3) is 5.91 Å². The van der Waals surface area contributed by atoms with Crippen LogP contribution in [0.4, 0.5) is 11.4 Å². The van der Waals surface area contributed by atoms with Gasteiger partial charge in [-0.25, -0.2) is 0 Å². The van der Waals surface area contributed by atoms with Crippen molar-refractivity contribution in [1.82, 2.24) is 15.6 Å². The first-order chi connectivity index (χ1) is 18.9. The Balaban J connectivity index is 0.00000260. The SMILES string of the molecule is CC.CC/C(=C(\C=C/CNCNc1ccc(Oc2ccnc(C(=O)NC)c2)cc1N)OC(C)C)c1ccsc1. The van der Waals surface area contributed by atoms with Crippen LogP contribution >= 0.6 is 11.3 Å². The van der Waals surface area contributed by atoms with E-state index in [0.29, 0.717) is 30.4 Å². The molecule has 0 fully saturated rings. The molecule has 2 heterocycles. The average molecular weight is 552 g/mol. The zero-order chi connectivity index (χ0) is 28.6. The Morgan fingerprint density at radius 2 is 1.92 bits per heavy atom. The summed E-state index contributed by atoms with van der Waals surface area (Å²) in [5.74, 6) is 1.69. The minimum absolute atomic E-state index is 0.0980. The molecule has 3 rings (SSSR count). The Kier molecular flexibility index (Phi) is 13.6. The highest BCUT2D eigenvalue weighted by atomic mass is 32.1. The first-order valence-electron chi connectivity index (χ1n) is 13.2. The highest BCUT2D eigenvalue weighted by molar-refractivity contribution is 7.08. The van der Waals surface area contributed by atoms with Crippen molar-refractivity contribution in [2.45, 2.75) is 47.1 Å². The number of aromatic nitrogens is 1. The van der Waals surface area contributed by atoms with Gasteiger partial charge in [-0.1, -0.05) is 26.8 Å². The lowest BCUT2D eigenvalue weighted by molar-refractivity contribution is 0.0958. The number of pyridine rings is 1. The Bertz CT molecular complexity index is 1220. The van der Waals surface area contributed by atoms with Gasteiger partial charge in [0.15, 0.2) is 0 Å². The smallest absolute Gasteiger partial charge is 0.269 e. The van der Waals surface area contributed by atoms with Crippen LogP contribution in [-0.2, 0) is 4.74 Å². The standard InChI is InChI=1S/C28H35N5O3S.C2H6/c1-5-23(20-11-14-37-17-20)27(35-19(2)3)7-6-12-31-18-33-25-9-8-21(15-24(25)29)36-22-10-13-32-26(16-22)28(34)30-4;1-2/h6-11,13-17,19,31,33H,5,12,18,29H2,1-4H3,(H,30,34);1-2H3/b7-6-,27-23-;. The molecule has 5 N–H and O–H groups in total. The van der Waals surface area contributed by atoms with Crippen molar-refractivity contribution < 1.29 is 14.3 Å². The molecule has 39 heavy (non-hydrogen) atoms. The Morgan fingerprint density at radius 3 is 2.56 bits per heavy atom. The molecule has 0 aliphatic rings. The van der Waals surface area contributed by atoms with Gasteiger partial charge in [-0.15, -0.1) is 0 Å². The summed E-state index contributed by atoms with van der Waals surface area (Å²) >= 11 is 1.69. The number of nitrogens with zero attached hydrogens (tertiary/aromatic N) is 1. The Morgan fingerprint density at radius 1 is 1.15 bits per heavy atom. The predicted molar refractivity (Wildman–Crippen MR) is 163 cm³/mol. The largest absolute Gasteiger partial charge is 0.491 e. The molecule has 1 amide bonds. The molecule has 0 bridgehead atoms. The lowest BCUT2D eigenvalue weighted by Gasteiger charge is -2.15. The molecule has 0 saturated heterocycles. The van der Waals surface area contributed by atoms with Crippen molar-refractivity contribution in [3.63, 3.8) is 0 Å². The van der Waals surface area contributed by atoms with E-state index in [1.54, 1.807) is 36.6 Å². The van der Waals surface area contributed by atoms with Gasteiger partial charge in [-0.05, 0) is 66.9 Å². The first-order valence-corrected chi connectivity index (χ1v) is 14.1. The summed E-state index contributed by atoms with van der Waals surface area (Å²) in [4.78, 5) is 15.8. The van der Waals surface area contributed by atoms with Gasteiger partial charge in [-0.3, -0.25) is 15.1 Å². The number of anilines is 2. The molecule has 210 valence electrons. The van der Waals surface area contributed by atoms with E-state index < -0.39 is 0 Å². The minimum Gasteiger partial charge on any atom is -0.491 e. The van der Waals surface area contributed by atoms with E-state index in [0.717, 1.165) is 17.9 Å². The second kappa shape index (κ2) is 16.9. The number of rotatable bonds is 13. The van der Waals surface area contributed by atoms with E-state index in [-0.39, 0.29) is 17.7 Å². The van der Waals surface area contributed by atoms with E-state index in [1.165, 1.54) is 17.3 Å². The topological polar surface area (TPSA) is 111 Å². The van der Waals surface area contributed by atoms with Crippen LogP contribution in [0.5, 0.6) is 11.5 Å². The fourth-order valence-corrected chi connectivity index (χ4v) is 4.20. The molecular formula is C30H41N5O3S. The van der Waals surface area contributed by atoms with Crippen molar-refractivity contribution in [3.05, 3.63) is 82.5 Å². The number of ether oxygens (including phenoxy) is 2. The highest BCUT2D eigenvalue weighted by Gasteiger charge is 2.10. The Hall–Kier alpha value is -3.82. The van der Waals surface area contributed by atoms with E-state index in [2.05, 4.69) is 50.8 Å². The molecular weight excluding hydrogens is 510 g/mol. The lowest BCUT2D eigenvalue weighted by atomic mass is 10.1. The van der Waals surface area contributed by atoms with Crippen LogP contribution in [0.1, 0.15) is 57.1 Å². The molecule has 0 aliphatic carbocycles. The molecule has 2 aromatic heterocycles. The maximum atomic E-state index is 11.8. The lowest BCUT2D eigenvalue weighted by Crippen LogP contribution is -2.22. The van der Waals surface area contributed by atoms with Crippen molar-refractivity contribution in [2.24, 2.45) is 0 Å². The summed E-state index contributed by atoms with van der Waals surface area (Å²) in [6, 6.07) is 10.8. The molecule has 0 saturated carbocycles. The zero-order valence-electron chi connectivity index (χ0n) is 23.7. The molecule has 3 aromatic rings. The molecule has 0 spiro atoms. The molecule has 0 unspecified atom stereocenters. The number of allylic oxidation sites excluding steroid dienone is 2. The number of hydrogen-bond donors (Lipinski definition) is 4. The van der Waals surface area contributed by atoms with Crippen molar-refractivity contribution in [1.29, 1.82) is 0 Å². The van der Waals surface area contributed by atoms with Gasteiger partial charge in [-0.2, -0.15) is 11.3 Å². The number of amides is 1. The van der Waals surface area contributed by atoms with Gasteiger partial charge in [0.05, 0.1) is 24.1 Å². The van der Waals surface area contributed by atoms with Gasteiger partial charge in [0, 0.05) is 37.5 Å². The van der Waals surface area contributed by atoms with Gasteiger partial charge < -0.3 is 25.8 Å². The number of hydrogen-bond acceptors (Lipinski definition) is 8. The number of carbonyl (C=O) groups is 1. The van der Waals surface area contributed by atoms with Crippen LogP contribution in [0.15, 0.2) is 71.3 Å². The number of nitrogens with two attached hydrogens (primary N) is 1. The molecule has 0 atom stereocenters. The van der Waals surface area contributed by atoms with E-state index in [4.69, 9.17) is 15.2 Å². The maximum Gasteiger partial charge on any atom is 0.269 e. The Labute approximate surface area is 236 Å². The number of thiophene rings is 1. The van der Waals surface area contributed by atoms with Crippen LogP contribution in [-0.4, -0.2) is 37.3 Å². The minimum atomic E-state index is -0.278. The van der Waals surface area contributed by atoms with E-state index in [1.807, 2.05) is 45.9 Å². The number of nitrogens with one attached hydrogen (secondary N) is 3. The second-order valence-corrected chi connectivity index (χ2v) is 9.17. The fraction of sp³-hybridized carbons (Fsp3) is 0.333. The van der Waals surface area contributed by atoms with E-state index in [9.17, 15) is 4.79 Å². The summed E-state index contributed by atoms with van der Waals surface area (Å²) in [5.41, 5.74) is 10.2. The quantitative estimate of drug-likeness (QED) is 0.0618. The first kappa shape index (κ1) is 31.4. The van der Waals surface area contributed by atoms with E-state index >= 15 is 0 Å². The third-order valence-corrected chi connectivity index (χ3v) is 5.95. The molecule has 9 heteroatoms. The van der Waals surface area contributed by atoms with Crippen LogP contribution < -0.4 is 26.4 Å². The summed E-state index contributed by atoms with van der Waals surface area (Å²) < 4.78 is 11.9. The van der Waals surface area contributed by atoms with Crippen LogP contribution in [0, 0.1) is 0 Å². The van der Waals surface area contributed by atoms with Crippen molar-refractivity contribution in [2.75, 3.05) is 31.3 Å². The third kappa shape index (κ3) is 10.1. The third-order valence-electron chi connectivity index (χ3n) is 5.27. The molecule has 0 radical (unpaired) electrons. The number of nitrogen functional groups attached to an aromatic ring is 1. The summed E-state index contributed by atoms with van der Waals surface area (Å²) in [6.07, 6.45) is 6.62. The highest BCUT2D eigenvalue weighted by Crippen LogP contribution is 2.28. The predicted octanol–water partition coefficient (Wildman–Crippen LogP) is 6.66. The van der Waals surface area contributed by atoms with Gasteiger partial charge in [0.2, 0.25) is 0 Å². The van der Waals surface area contributed by atoms with Crippen molar-refractivity contribution in [3.8, 4) is 11.5 Å². The summed E-state index contributed by atoms with van der Waals surface area (Å²) in [5, 5.41) is 13.4. The average Bonchev–Trinajstić information content (AvgIpc) is 3.47. The summed E-state index contributed by atoms with van der Waals surface area (Å²) in [6.45, 7) is 11.4.